The first-order valence-electron chi connectivity index (χ1n) is 9.51. The highest BCUT2D eigenvalue weighted by Crippen LogP contribution is 2.33. The molecule has 9 heteroatoms. The van der Waals surface area contributed by atoms with E-state index in [0.717, 1.165) is 12.0 Å². The van der Waals surface area contributed by atoms with Gasteiger partial charge < -0.3 is 20.7 Å². The topological polar surface area (TPSA) is 115 Å². The molecule has 1 aromatic heterocycles. The SMILES string of the molecule is COc1ncc(NC(=O)C(=O)N2CC(C)CCC2c2ccc(F)cc2)cc1C(N)=O. The second kappa shape index (κ2) is 8.89. The number of pyridine rings is 1. The van der Waals surface area contributed by atoms with Gasteiger partial charge in [0.25, 0.3) is 5.91 Å². The number of halogens is 1. The molecule has 0 spiro atoms. The second-order valence-electron chi connectivity index (χ2n) is 7.31. The van der Waals surface area contributed by atoms with Crippen LogP contribution in [0.1, 0.15) is 41.7 Å². The molecule has 1 aromatic carbocycles. The number of hydrogen-bond donors (Lipinski definition) is 2. The van der Waals surface area contributed by atoms with Gasteiger partial charge in [-0.1, -0.05) is 19.1 Å². The van der Waals surface area contributed by atoms with E-state index in [-0.39, 0.29) is 34.9 Å². The number of hydrogen-bond acceptors (Lipinski definition) is 5. The van der Waals surface area contributed by atoms with E-state index in [1.807, 2.05) is 6.92 Å². The van der Waals surface area contributed by atoms with Crippen LogP contribution in [0.5, 0.6) is 5.88 Å². The summed E-state index contributed by atoms with van der Waals surface area (Å²) in [5.74, 6) is -2.47. The molecule has 2 unspecified atom stereocenters. The standard InChI is InChI=1S/C21H23FN4O4/c1-12-3-8-17(13-4-6-14(22)7-5-13)26(11-12)21(29)19(28)25-15-9-16(18(23)27)20(30-2)24-10-15/h4-7,9-10,12,17H,3,8,11H2,1-2H3,(H2,23,27)(H,25,28). The van der Waals surface area contributed by atoms with Gasteiger partial charge in [-0.15, -0.1) is 0 Å². The molecule has 158 valence electrons. The molecule has 30 heavy (non-hydrogen) atoms. The fourth-order valence-electron chi connectivity index (χ4n) is 3.58. The van der Waals surface area contributed by atoms with Crippen molar-refractivity contribution in [3.05, 3.63) is 53.5 Å². The van der Waals surface area contributed by atoms with Gasteiger partial charge in [0.15, 0.2) is 0 Å². The Morgan fingerprint density at radius 2 is 1.93 bits per heavy atom. The number of ether oxygens (including phenoxy) is 1. The van der Waals surface area contributed by atoms with Crippen LogP contribution in [0.4, 0.5) is 10.1 Å². The van der Waals surface area contributed by atoms with Crippen molar-refractivity contribution in [3.63, 3.8) is 0 Å². The summed E-state index contributed by atoms with van der Waals surface area (Å²) in [7, 11) is 1.34. The minimum Gasteiger partial charge on any atom is -0.480 e. The van der Waals surface area contributed by atoms with E-state index >= 15 is 0 Å². The molecular formula is C21H23FN4O4. The van der Waals surface area contributed by atoms with E-state index in [1.54, 1.807) is 12.1 Å². The molecule has 0 bridgehead atoms. The molecule has 1 aliphatic heterocycles. The van der Waals surface area contributed by atoms with Crippen LogP contribution in [-0.4, -0.2) is 41.3 Å². The first-order valence-corrected chi connectivity index (χ1v) is 9.51. The van der Waals surface area contributed by atoms with Crippen LogP contribution < -0.4 is 15.8 Å². The van der Waals surface area contributed by atoms with Crippen molar-refractivity contribution in [2.24, 2.45) is 11.7 Å². The fraction of sp³-hybridized carbons (Fsp3) is 0.333. The number of methoxy groups -OCH3 is 1. The van der Waals surface area contributed by atoms with Crippen LogP contribution >= 0.6 is 0 Å². The van der Waals surface area contributed by atoms with Crippen molar-refractivity contribution in [1.29, 1.82) is 0 Å². The maximum absolute atomic E-state index is 13.3. The molecule has 0 aliphatic carbocycles. The van der Waals surface area contributed by atoms with Gasteiger partial charge in [0.2, 0.25) is 5.88 Å². The lowest BCUT2D eigenvalue weighted by atomic mass is 9.90. The summed E-state index contributed by atoms with van der Waals surface area (Å²) in [5, 5.41) is 2.47. The molecular weight excluding hydrogens is 391 g/mol. The lowest BCUT2D eigenvalue weighted by molar-refractivity contribution is -0.146. The zero-order valence-corrected chi connectivity index (χ0v) is 16.7. The Bertz CT molecular complexity index is 964. The number of piperidine rings is 1. The molecule has 2 heterocycles. The number of anilines is 1. The monoisotopic (exact) mass is 414 g/mol. The number of aromatic nitrogens is 1. The second-order valence-corrected chi connectivity index (χ2v) is 7.31. The van der Waals surface area contributed by atoms with Gasteiger partial charge in [-0.25, -0.2) is 9.37 Å². The fourth-order valence-corrected chi connectivity index (χ4v) is 3.58. The molecule has 3 rings (SSSR count). The predicted molar refractivity (Wildman–Crippen MR) is 107 cm³/mol. The van der Waals surface area contributed by atoms with Crippen LogP contribution in [0.3, 0.4) is 0 Å². The Labute approximate surface area is 173 Å². The average Bonchev–Trinajstić information content (AvgIpc) is 2.73. The number of rotatable bonds is 4. The predicted octanol–water partition coefficient (Wildman–Crippen LogP) is 2.27. The molecule has 1 fully saturated rings. The number of benzene rings is 1. The zero-order chi connectivity index (χ0) is 21.8. The quantitative estimate of drug-likeness (QED) is 0.745. The Balaban J connectivity index is 1.80. The number of primary amides is 1. The highest BCUT2D eigenvalue weighted by molar-refractivity contribution is 6.39. The molecule has 3 amide bonds. The first-order chi connectivity index (χ1) is 14.3. The normalized spacial score (nSPS) is 18.6. The highest BCUT2D eigenvalue weighted by atomic mass is 19.1. The van der Waals surface area contributed by atoms with Crippen molar-refractivity contribution in [2.75, 3.05) is 19.0 Å². The molecule has 2 atom stereocenters. The Morgan fingerprint density at radius 1 is 1.23 bits per heavy atom. The van der Waals surface area contributed by atoms with Crippen LogP contribution in [0.2, 0.25) is 0 Å². The van der Waals surface area contributed by atoms with Gasteiger partial charge in [-0.3, -0.25) is 14.4 Å². The summed E-state index contributed by atoms with van der Waals surface area (Å²) in [5.41, 5.74) is 6.20. The summed E-state index contributed by atoms with van der Waals surface area (Å²) in [4.78, 5) is 42.6. The Kier molecular flexibility index (Phi) is 6.29. The van der Waals surface area contributed by atoms with E-state index in [0.29, 0.717) is 13.0 Å². The molecule has 2 aromatic rings. The lowest BCUT2D eigenvalue weighted by Gasteiger charge is -2.38. The Hall–Kier alpha value is -3.49. The molecule has 1 aliphatic rings. The molecule has 3 N–H and O–H groups in total. The maximum atomic E-state index is 13.3. The average molecular weight is 414 g/mol. The minimum atomic E-state index is -0.862. The summed E-state index contributed by atoms with van der Waals surface area (Å²) in [6.07, 6.45) is 2.83. The highest BCUT2D eigenvalue weighted by Gasteiger charge is 2.34. The Morgan fingerprint density at radius 3 is 2.57 bits per heavy atom. The first kappa shape index (κ1) is 21.2. The van der Waals surface area contributed by atoms with Crippen molar-refractivity contribution in [3.8, 4) is 5.88 Å². The number of nitrogens with two attached hydrogens (primary N) is 1. The number of carbonyl (C=O) groups excluding carboxylic acids is 3. The summed E-state index contributed by atoms with van der Waals surface area (Å²) in [6, 6.07) is 6.90. The summed E-state index contributed by atoms with van der Waals surface area (Å²) < 4.78 is 18.3. The number of nitrogens with one attached hydrogen (secondary N) is 1. The van der Waals surface area contributed by atoms with Crippen molar-refractivity contribution in [1.82, 2.24) is 9.88 Å². The third kappa shape index (κ3) is 4.56. The molecule has 8 nitrogen and oxygen atoms in total. The molecule has 0 saturated carbocycles. The zero-order valence-electron chi connectivity index (χ0n) is 16.7. The van der Waals surface area contributed by atoms with Crippen LogP contribution in [-0.2, 0) is 9.59 Å². The molecule has 0 radical (unpaired) electrons. The van der Waals surface area contributed by atoms with E-state index in [2.05, 4.69) is 10.3 Å². The van der Waals surface area contributed by atoms with Crippen LogP contribution in [0.25, 0.3) is 0 Å². The van der Waals surface area contributed by atoms with E-state index in [4.69, 9.17) is 10.5 Å². The smallest absolute Gasteiger partial charge is 0.313 e. The summed E-state index contributed by atoms with van der Waals surface area (Å²) >= 11 is 0. The largest absolute Gasteiger partial charge is 0.480 e. The number of amides is 3. The third-order valence-electron chi connectivity index (χ3n) is 5.10. The van der Waals surface area contributed by atoms with Crippen LogP contribution in [0, 0.1) is 11.7 Å². The van der Waals surface area contributed by atoms with Gasteiger partial charge in [0.05, 0.1) is 25.0 Å². The van der Waals surface area contributed by atoms with Crippen molar-refractivity contribution in [2.45, 2.75) is 25.8 Å². The van der Waals surface area contributed by atoms with Gasteiger partial charge in [-0.2, -0.15) is 0 Å². The van der Waals surface area contributed by atoms with E-state index in [1.165, 1.54) is 36.4 Å². The van der Waals surface area contributed by atoms with Gasteiger partial charge in [0.1, 0.15) is 11.4 Å². The van der Waals surface area contributed by atoms with E-state index < -0.39 is 17.7 Å². The molecule has 1 saturated heterocycles. The number of nitrogens with zero attached hydrogens (tertiary/aromatic N) is 2. The van der Waals surface area contributed by atoms with Crippen LogP contribution in [0.15, 0.2) is 36.5 Å². The van der Waals surface area contributed by atoms with Gasteiger partial charge >= 0.3 is 11.8 Å². The van der Waals surface area contributed by atoms with E-state index in [9.17, 15) is 18.8 Å². The van der Waals surface area contributed by atoms with Gasteiger partial charge in [-0.05, 0) is 42.5 Å². The minimum absolute atomic E-state index is 0.0152. The van der Waals surface area contributed by atoms with Gasteiger partial charge in [0, 0.05) is 6.54 Å². The van der Waals surface area contributed by atoms with Crippen molar-refractivity contribution < 1.29 is 23.5 Å². The summed E-state index contributed by atoms with van der Waals surface area (Å²) in [6.45, 7) is 2.41. The lowest BCUT2D eigenvalue weighted by Crippen LogP contribution is -2.46. The number of likely N-dealkylation sites (tertiary alicyclic amines) is 1. The third-order valence-corrected chi connectivity index (χ3v) is 5.10. The maximum Gasteiger partial charge on any atom is 0.313 e. The van der Waals surface area contributed by atoms with Crippen molar-refractivity contribution >= 4 is 23.4 Å². The number of carbonyl (C=O) groups is 3.